The molecule has 6 atom stereocenters. The summed E-state index contributed by atoms with van der Waals surface area (Å²) in [5, 5.41) is 10.4. The average molecular weight is 526 g/mol. The van der Waals surface area contributed by atoms with E-state index in [4.69, 9.17) is 9.47 Å². The molecule has 0 aromatic heterocycles. The SMILES string of the molecule is C=CCN(C)C(=O)[C@@H]1[C@H]2C(=O)N([C@@H](CO)C(C)C)C(C(=O)N(CC=C)c3ccc(OC)cc3)C23CC[C@H]1O3. The lowest BCUT2D eigenvalue weighted by atomic mass is 9.70. The number of carbonyl (C=O) groups is 3. The van der Waals surface area contributed by atoms with E-state index in [2.05, 4.69) is 13.2 Å². The van der Waals surface area contributed by atoms with Gasteiger partial charge in [-0.2, -0.15) is 0 Å². The number of anilines is 1. The summed E-state index contributed by atoms with van der Waals surface area (Å²) in [4.78, 5) is 46.9. The van der Waals surface area contributed by atoms with Crippen molar-refractivity contribution in [2.24, 2.45) is 17.8 Å². The van der Waals surface area contributed by atoms with Crippen LogP contribution in [0.2, 0.25) is 0 Å². The molecule has 3 amide bonds. The minimum Gasteiger partial charge on any atom is -0.497 e. The number of hydrogen-bond donors (Lipinski definition) is 1. The Balaban J connectivity index is 1.81. The molecule has 3 saturated heterocycles. The van der Waals surface area contributed by atoms with E-state index >= 15 is 0 Å². The number of aliphatic hydroxyl groups excluding tert-OH is 1. The minimum atomic E-state index is -1.15. The van der Waals surface area contributed by atoms with Gasteiger partial charge < -0.3 is 29.3 Å². The summed E-state index contributed by atoms with van der Waals surface area (Å²) in [5.74, 6) is -1.79. The molecule has 3 heterocycles. The van der Waals surface area contributed by atoms with Crippen LogP contribution in [0.25, 0.3) is 0 Å². The van der Waals surface area contributed by atoms with Crippen LogP contribution in [-0.4, -0.2) is 90.3 Å². The third-order valence-electron chi connectivity index (χ3n) is 8.31. The number of benzene rings is 1. The van der Waals surface area contributed by atoms with Crippen LogP contribution < -0.4 is 9.64 Å². The monoisotopic (exact) mass is 525 g/mol. The number of likely N-dealkylation sites (tertiary alicyclic amines) is 1. The standard InChI is InChI=1S/C29H39N3O6/c1-7-15-30(5)26(34)23-22-13-14-29(38-22)24(23)27(35)32(21(17-33)18(3)4)25(29)28(36)31(16-8-2)19-9-11-20(37-6)12-10-19/h7-12,18,21-25,33H,1-2,13-17H2,3-6H3/t21-,22+,23-,24-,25?,29?/m0/s1. The molecule has 3 aliphatic rings. The fourth-order valence-corrected chi connectivity index (χ4v) is 6.53. The number of aliphatic hydroxyl groups is 1. The van der Waals surface area contributed by atoms with Gasteiger partial charge in [0.15, 0.2) is 0 Å². The zero-order valence-electron chi connectivity index (χ0n) is 22.7. The van der Waals surface area contributed by atoms with Gasteiger partial charge in [-0.25, -0.2) is 0 Å². The maximum Gasteiger partial charge on any atom is 0.253 e. The molecule has 9 heteroatoms. The molecule has 1 N–H and O–H groups in total. The Morgan fingerprint density at radius 1 is 1.21 bits per heavy atom. The van der Waals surface area contributed by atoms with Gasteiger partial charge in [0.2, 0.25) is 11.8 Å². The number of methoxy groups -OCH3 is 1. The summed E-state index contributed by atoms with van der Waals surface area (Å²) in [6, 6.07) is 5.50. The number of likely N-dealkylation sites (N-methyl/N-ethyl adjacent to an activating group) is 1. The smallest absolute Gasteiger partial charge is 0.253 e. The molecule has 1 aromatic carbocycles. The Kier molecular flexibility index (Phi) is 7.99. The second-order valence-corrected chi connectivity index (χ2v) is 10.7. The summed E-state index contributed by atoms with van der Waals surface area (Å²) in [5.41, 5.74) is -0.526. The van der Waals surface area contributed by atoms with E-state index in [-0.39, 0.29) is 36.8 Å². The van der Waals surface area contributed by atoms with Crippen molar-refractivity contribution in [3.8, 4) is 5.75 Å². The summed E-state index contributed by atoms with van der Waals surface area (Å²) >= 11 is 0. The van der Waals surface area contributed by atoms with E-state index in [0.717, 1.165) is 0 Å². The van der Waals surface area contributed by atoms with Crippen molar-refractivity contribution in [1.82, 2.24) is 9.80 Å². The van der Waals surface area contributed by atoms with Crippen LogP contribution in [0.5, 0.6) is 5.75 Å². The van der Waals surface area contributed by atoms with Gasteiger partial charge in [0.25, 0.3) is 5.91 Å². The quantitative estimate of drug-likeness (QED) is 0.445. The zero-order valence-corrected chi connectivity index (χ0v) is 22.7. The first-order valence-electron chi connectivity index (χ1n) is 13.2. The van der Waals surface area contributed by atoms with Gasteiger partial charge in [-0.1, -0.05) is 26.0 Å². The Bertz CT molecular complexity index is 1090. The lowest BCUT2D eigenvalue weighted by molar-refractivity contribution is -0.147. The topological polar surface area (TPSA) is 99.6 Å². The van der Waals surface area contributed by atoms with Crippen LogP contribution in [0.3, 0.4) is 0 Å². The normalized spacial score (nSPS) is 28.3. The molecule has 9 nitrogen and oxygen atoms in total. The predicted octanol–water partition coefficient (Wildman–Crippen LogP) is 2.25. The average Bonchev–Trinajstić information content (AvgIpc) is 3.55. The Morgan fingerprint density at radius 3 is 2.42 bits per heavy atom. The molecule has 2 unspecified atom stereocenters. The first-order chi connectivity index (χ1) is 18.2. The lowest BCUT2D eigenvalue weighted by Gasteiger charge is -2.40. The Morgan fingerprint density at radius 2 is 1.87 bits per heavy atom. The second kappa shape index (κ2) is 10.9. The number of rotatable bonds is 11. The molecular formula is C29H39N3O6. The van der Waals surface area contributed by atoms with Crippen molar-refractivity contribution in [1.29, 1.82) is 0 Å². The fraction of sp³-hybridized carbons (Fsp3) is 0.552. The second-order valence-electron chi connectivity index (χ2n) is 10.7. The van der Waals surface area contributed by atoms with E-state index in [0.29, 0.717) is 30.8 Å². The Hall–Kier alpha value is -3.17. The van der Waals surface area contributed by atoms with Gasteiger partial charge in [-0.15, -0.1) is 13.2 Å². The summed E-state index contributed by atoms with van der Waals surface area (Å²) in [7, 11) is 3.25. The molecular weight excluding hydrogens is 486 g/mol. The van der Waals surface area contributed by atoms with E-state index in [9.17, 15) is 19.5 Å². The number of carbonyl (C=O) groups excluding carboxylic acids is 3. The highest BCUT2D eigenvalue weighted by Gasteiger charge is 2.75. The summed E-state index contributed by atoms with van der Waals surface area (Å²) in [6.07, 6.45) is 3.89. The van der Waals surface area contributed by atoms with Crippen molar-refractivity contribution in [2.75, 3.05) is 38.8 Å². The number of hydrogen-bond acceptors (Lipinski definition) is 6. The van der Waals surface area contributed by atoms with E-state index in [1.165, 1.54) is 4.90 Å². The van der Waals surface area contributed by atoms with Crippen LogP contribution >= 0.6 is 0 Å². The van der Waals surface area contributed by atoms with Crippen LogP contribution in [0.1, 0.15) is 26.7 Å². The highest BCUT2D eigenvalue weighted by atomic mass is 16.5. The Labute approximate surface area is 224 Å². The molecule has 3 aliphatic heterocycles. The predicted molar refractivity (Wildman–Crippen MR) is 144 cm³/mol. The third kappa shape index (κ3) is 4.31. The molecule has 1 spiro atoms. The van der Waals surface area contributed by atoms with Gasteiger partial charge in [0.05, 0.1) is 37.7 Å². The molecule has 38 heavy (non-hydrogen) atoms. The van der Waals surface area contributed by atoms with Crippen molar-refractivity contribution < 1.29 is 29.0 Å². The first kappa shape index (κ1) is 27.9. The third-order valence-corrected chi connectivity index (χ3v) is 8.31. The minimum absolute atomic E-state index is 0.127. The van der Waals surface area contributed by atoms with E-state index < -0.39 is 35.6 Å². The highest BCUT2D eigenvalue weighted by Crippen LogP contribution is 2.59. The number of nitrogens with zero attached hydrogens (tertiary/aromatic N) is 3. The molecule has 0 radical (unpaired) electrons. The molecule has 3 fully saturated rings. The van der Waals surface area contributed by atoms with Gasteiger partial charge in [0.1, 0.15) is 17.4 Å². The van der Waals surface area contributed by atoms with Gasteiger partial charge in [0, 0.05) is 25.8 Å². The van der Waals surface area contributed by atoms with Crippen LogP contribution in [0, 0.1) is 17.8 Å². The highest BCUT2D eigenvalue weighted by molar-refractivity contribution is 6.05. The first-order valence-corrected chi connectivity index (χ1v) is 13.2. The zero-order chi connectivity index (χ0) is 27.8. The summed E-state index contributed by atoms with van der Waals surface area (Å²) < 4.78 is 11.8. The molecule has 4 rings (SSSR count). The largest absolute Gasteiger partial charge is 0.497 e. The molecule has 2 bridgehead atoms. The fourth-order valence-electron chi connectivity index (χ4n) is 6.53. The molecule has 0 aliphatic carbocycles. The van der Waals surface area contributed by atoms with Crippen molar-refractivity contribution in [2.45, 2.75) is 50.5 Å². The number of fused-ring (bicyclic) bond motifs is 1. The van der Waals surface area contributed by atoms with Crippen molar-refractivity contribution in [3.63, 3.8) is 0 Å². The molecule has 0 saturated carbocycles. The van der Waals surface area contributed by atoms with Crippen molar-refractivity contribution >= 4 is 23.4 Å². The number of ether oxygens (including phenoxy) is 2. The maximum atomic E-state index is 14.5. The van der Waals surface area contributed by atoms with Gasteiger partial charge in [-0.05, 0) is 43.0 Å². The molecule has 1 aromatic rings. The van der Waals surface area contributed by atoms with E-state index in [1.807, 2.05) is 13.8 Å². The van der Waals surface area contributed by atoms with Gasteiger partial charge >= 0.3 is 0 Å². The van der Waals surface area contributed by atoms with Crippen LogP contribution in [0.4, 0.5) is 5.69 Å². The van der Waals surface area contributed by atoms with Gasteiger partial charge in [-0.3, -0.25) is 14.4 Å². The van der Waals surface area contributed by atoms with Crippen LogP contribution in [-0.2, 0) is 19.1 Å². The lowest BCUT2D eigenvalue weighted by Crippen LogP contribution is -2.59. The van der Waals surface area contributed by atoms with Crippen LogP contribution in [0.15, 0.2) is 49.6 Å². The molecule has 206 valence electrons. The number of amides is 3. The maximum absolute atomic E-state index is 14.5. The van der Waals surface area contributed by atoms with E-state index in [1.54, 1.807) is 60.4 Å². The van der Waals surface area contributed by atoms with Crippen molar-refractivity contribution in [3.05, 3.63) is 49.6 Å². The summed E-state index contributed by atoms with van der Waals surface area (Å²) in [6.45, 7) is 11.6.